The van der Waals surface area contributed by atoms with Crippen molar-refractivity contribution in [2.75, 3.05) is 17.2 Å². The lowest BCUT2D eigenvalue weighted by Gasteiger charge is -2.10. The first kappa shape index (κ1) is 19.3. The van der Waals surface area contributed by atoms with Gasteiger partial charge >= 0.3 is 0 Å². The molecule has 3 rings (SSSR count). The van der Waals surface area contributed by atoms with Crippen LogP contribution >= 0.6 is 0 Å². The van der Waals surface area contributed by atoms with Crippen LogP contribution < -0.4 is 15.4 Å². The van der Waals surface area contributed by atoms with Gasteiger partial charge in [-0.05, 0) is 55.8 Å². The minimum absolute atomic E-state index is 0.253. The molecule has 0 saturated carbocycles. The average Bonchev–Trinajstić information content (AvgIpc) is 2.69. The monoisotopic (exact) mass is 380 g/mol. The van der Waals surface area contributed by atoms with Crippen LogP contribution in [0.2, 0.25) is 0 Å². The highest BCUT2D eigenvalue weighted by molar-refractivity contribution is 6.03. The van der Waals surface area contributed by atoms with Crippen LogP contribution in [-0.2, 0) is 6.54 Å². The second kappa shape index (κ2) is 8.94. The number of aromatic nitrogens is 2. The molecule has 2 N–H and O–H groups in total. The summed E-state index contributed by atoms with van der Waals surface area (Å²) in [5, 5.41) is 5.94. The molecule has 0 aliphatic heterocycles. The van der Waals surface area contributed by atoms with Gasteiger partial charge in [0, 0.05) is 18.3 Å². The maximum Gasteiger partial charge on any atom is 0.274 e. The van der Waals surface area contributed by atoms with Gasteiger partial charge in [-0.2, -0.15) is 0 Å². The Morgan fingerprint density at radius 1 is 1.07 bits per heavy atom. The third-order valence-electron chi connectivity index (χ3n) is 3.88. The van der Waals surface area contributed by atoms with E-state index in [-0.39, 0.29) is 17.4 Å². The second-order valence-corrected chi connectivity index (χ2v) is 6.08. The summed E-state index contributed by atoms with van der Waals surface area (Å²) in [6, 6.07) is 14.9. The zero-order chi connectivity index (χ0) is 19.9. The highest BCUT2D eigenvalue weighted by atomic mass is 19.1. The zero-order valence-corrected chi connectivity index (χ0v) is 15.7. The van der Waals surface area contributed by atoms with E-state index in [0.717, 1.165) is 11.3 Å². The maximum absolute atomic E-state index is 13.0. The molecule has 1 amide bonds. The number of benzene rings is 2. The van der Waals surface area contributed by atoms with E-state index in [1.807, 2.05) is 6.92 Å². The van der Waals surface area contributed by atoms with E-state index in [4.69, 9.17) is 4.74 Å². The Hall–Kier alpha value is -3.48. The fourth-order valence-corrected chi connectivity index (χ4v) is 2.57. The molecule has 7 heteroatoms. The highest BCUT2D eigenvalue weighted by Crippen LogP contribution is 2.17. The molecular weight excluding hydrogens is 359 g/mol. The zero-order valence-electron chi connectivity index (χ0n) is 15.7. The molecule has 0 radical (unpaired) electrons. The van der Waals surface area contributed by atoms with Crippen molar-refractivity contribution in [2.45, 2.75) is 20.4 Å². The summed E-state index contributed by atoms with van der Waals surface area (Å²) in [4.78, 5) is 21.0. The van der Waals surface area contributed by atoms with Crippen molar-refractivity contribution in [3.05, 3.63) is 77.5 Å². The van der Waals surface area contributed by atoms with Crippen LogP contribution in [0.4, 0.5) is 15.9 Å². The largest absolute Gasteiger partial charge is 0.494 e. The molecule has 3 aromatic rings. The number of aryl methyl sites for hydroxylation is 1. The molecule has 144 valence electrons. The Morgan fingerprint density at radius 3 is 2.46 bits per heavy atom. The summed E-state index contributed by atoms with van der Waals surface area (Å²) >= 11 is 0. The van der Waals surface area contributed by atoms with Crippen LogP contribution in [0, 0.1) is 12.7 Å². The number of ether oxygens (including phenoxy) is 1. The quantitative estimate of drug-likeness (QED) is 0.643. The van der Waals surface area contributed by atoms with E-state index in [9.17, 15) is 9.18 Å². The number of hydrogen-bond donors (Lipinski definition) is 2. The third kappa shape index (κ3) is 5.26. The Labute approximate surface area is 162 Å². The summed E-state index contributed by atoms with van der Waals surface area (Å²) in [7, 11) is 0. The fourth-order valence-electron chi connectivity index (χ4n) is 2.57. The van der Waals surface area contributed by atoms with Crippen molar-refractivity contribution in [2.24, 2.45) is 0 Å². The SMILES string of the molecule is CCOc1ccc(NC(=O)c2cc(NCc3ccc(F)cc3)nc(C)n2)cc1. The predicted octanol–water partition coefficient (Wildman–Crippen LogP) is 4.19. The van der Waals surface area contributed by atoms with E-state index in [1.54, 1.807) is 49.4 Å². The summed E-state index contributed by atoms with van der Waals surface area (Å²) in [6.45, 7) is 4.67. The molecule has 0 aliphatic rings. The van der Waals surface area contributed by atoms with E-state index < -0.39 is 0 Å². The minimum Gasteiger partial charge on any atom is -0.494 e. The van der Waals surface area contributed by atoms with Gasteiger partial charge in [0.2, 0.25) is 0 Å². The standard InChI is InChI=1S/C21H21FN4O2/c1-3-28-18-10-8-17(9-11-18)26-21(27)19-12-20(25-14(2)24-19)23-13-15-4-6-16(22)7-5-15/h4-12H,3,13H2,1-2H3,(H,26,27)(H,23,24,25). The molecule has 0 atom stereocenters. The highest BCUT2D eigenvalue weighted by Gasteiger charge is 2.11. The van der Waals surface area contributed by atoms with Gasteiger partial charge in [0.15, 0.2) is 0 Å². The first-order valence-corrected chi connectivity index (χ1v) is 8.91. The number of amides is 1. The lowest BCUT2D eigenvalue weighted by Crippen LogP contribution is -2.15. The summed E-state index contributed by atoms with van der Waals surface area (Å²) in [5.41, 5.74) is 1.80. The summed E-state index contributed by atoms with van der Waals surface area (Å²) in [6.07, 6.45) is 0. The van der Waals surface area contributed by atoms with Crippen LogP contribution in [0.5, 0.6) is 5.75 Å². The van der Waals surface area contributed by atoms with Crippen LogP contribution in [0.3, 0.4) is 0 Å². The van der Waals surface area contributed by atoms with Gasteiger partial charge in [-0.1, -0.05) is 12.1 Å². The lowest BCUT2D eigenvalue weighted by atomic mass is 10.2. The molecule has 2 aromatic carbocycles. The summed E-state index contributed by atoms with van der Waals surface area (Å²) < 4.78 is 18.4. The molecule has 0 unspecified atom stereocenters. The third-order valence-corrected chi connectivity index (χ3v) is 3.88. The van der Waals surface area contributed by atoms with Gasteiger partial charge in [0.25, 0.3) is 5.91 Å². The number of halogens is 1. The van der Waals surface area contributed by atoms with Crippen molar-refractivity contribution in [3.63, 3.8) is 0 Å². The molecule has 6 nitrogen and oxygen atoms in total. The number of hydrogen-bond acceptors (Lipinski definition) is 5. The topological polar surface area (TPSA) is 76.1 Å². The van der Waals surface area contributed by atoms with Crippen LogP contribution in [0.1, 0.15) is 28.8 Å². The molecule has 1 heterocycles. The molecule has 0 fully saturated rings. The van der Waals surface area contributed by atoms with E-state index in [0.29, 0.717) is 30.5 Å². The Bertz CT molecular complexity index is 944. The predicted molar refractivity (Wildman–Crippen MR) is 106 cm³/mol. The molecule has 0 aliphatic carbocycles. The van der Waals surface area contributed by atoms with Crippen molar-refractivity contribution < 1.29 is 13.9 Å². The first-order chi connectivity index (χ1) is 13.5. The van der Waals surface area contributed by atoms with Crippen molar-refractivity contribution in [1.82, 2.24) is 9.97 Å². The molecular formula is C21H21FN4O2. The van der Waals surface area contributed by atoms with Crippen molar-refractivity contribution in [1.29, 1.82) is 0 Å². The Kier molecular flexibility index (Phi) is 6.16. The van der Waals surface area contributed by atoms with Gasteiger partial charge in [0.05, 0.1) is 6.61 Å². The van der Waals surface area contributed by atoms with Crippen molar-refractivity contribution in [3.8, 4) is 5.75 Å². The summed E-state index contributed by atoms with van der Waals surface area (Å²) in [5.74, 6) is 1.12. The van der Waals surface area contributed by atoms with Gasteiger partial charge in [-0.3, -0.25) is 4.79 Å². The van der Waals surface area contributed by atoms with Crippen LogP contribution in [0.15, 0.2) is 54.6 Å². The average molecular weight is 380 g/mol. The number of rotatable bonds is 7. The van der Waals surface area contributed by atoms with E-state index in [2.05, 4.69) is 20.6 Å². The lowest BCUT2D eigenvalue weighted by molar-refractivity contribution is 0.102. The first-order valence-electron chi connectivity index (χ1n) is 8.91. The maximum atomic E-state index is 13.0. The van der Waals surface area contributed by atoms with Gasteiger partial charge in [0.1, 0.15) is 28.9 Å². The Morgan fingerprint density at radius 2 is 1.79 bits per heavy atom. The van der Waals surface area contributed by atoms with Gasteiger partial charge in [-0.15, -0.1) is 0 Å². The molecule has 28 heavy (non-hydrogen) atoms. The Balaban J connectivity index is 1.67. The van der Waals surface area contributed by atoms with Gasteiger partial charge < -0.3 is 15.4 Å². The molecule has 0 saturated heterocycles. The minimum atomic E-state index is -0.334. The normalized spacial score (nSPS) is 10.4. The number of anilines is 2. The number of nitrogens with zero attached hydrogens (tertiary/aromatic N) is 2. The van der Waals surface area contributed by atoms with Crippen molar-refractivity contribution >= 4 is 17.4 Å². The second-order valence-electron chi connectivity index (χ2n) is 6.08. The number of carbonyl (C=O) groups excluding carboxylic acids is 1. The molecule has 0 bridgehead atoms. The van der Waals surface area contributed by atoms with Crippen LogP contribution in [-0.4, -0.2) is 22.5 Å². The molecule has 1 aromatic heterocycles. The van der Waals surface area contributed by atoms with E-state index >= 15 is 0 Å². The van der Waals surface area contributed by atoms with Crippen LogP contribution in [0.25, 0.3) is 0 Å². The smallest absolute Gasteiger partial charge is 0.274 e. The molecule has 0 spiro atoms. The number of nitrogens with one attached hydrogen (secondary N) is 2. The van der Waals surface area contributed by atoms with E-state index in [1.165, 1.54) is 12.1 Å². The van der Waals surface area contributed by atoms with Gasteiger partial charge in [-0.25, -0.2) is 14.4 Å². The number of carbonyl (C=O) groups is 1. The fraction of sp³-hybridized carbons (Fsp3) is 0.190.